The molecule has 1 aromatic rings. The number of hydrogen-bond acceptors (Lipinski definition) is 5. The van der Waals surface area contributed by atoms with Gasteiger partial charge in [0.25, 0.3) is 0 Å². The van der Waals surface area contributed by atoms with Crippen molar-refractivity contribution in [3.63, 3.8) is 0 Å². The van der Waals surface area contributed by atoms with Crippen LogP contribution in [0.25, 0.3) is 0 Å². The molecule has 0 saturated heterocycles. The summed E-state index contributed by atoms with van der Waals surface area (Å²) in [5, 5.41) is 6.85. The zero-order valence-corrected chi connectivity index (χ0v) is 13.1. The van der Waals surface area contributed by atoms with Crippen molar-refractivity contribution >= 4 is 5.91 Å². The van der Waals surface area contributed by atoms with Gasteiger partial charge in [-0.25, -0.2) is 0 Å². The third kappa shape index (κ3) is 5.28. The number of rotatable bonds is 6. The Morgan fingerprint density at radius 2 is 1.95 bits per heavy atom. The van der Waals surface area contributed by atoms with E-state index in [0.29, 0.717) is 37.5 Å². The number of carbonyl (C=O) groups excluding carboxylic acids is 1. The quantitative estimate of drug-likeness (QED) is 0.825. The summed E-state index contributed by atoms with van der Waals surface area (Å²) < 4.78 is 5.18. The standard InChI is InChI=1S/C14H26N4O2/c1-13(2,3)12-16-11(20-18-12)8-6-7-10(19)17-14(4,5)9-15/h6-9,15H2,1-5H3,(H,17,19). The molecule has 0 unspecified atom stereocenters. The van der Waals surface area contributed by atoms with Crippen LogP contribution in [-0.4, -0.2) is 28.1 Å². The van der Waals surface area contributed by atoms with Gasteiger partial charge in [0.2, 0.25) is 11.8 Å². The van der Waals surface area contributed by atoms with E-state index in [-0.39, 0.29) is 16.9 Å². The van der Waals surface area contributed by atoms with Gasteiger partial charge in [-0.15, -0.1) is 0 Å². The van der Waals surface area contributed by atoms with Crippen molar-refractivity contribution in [2.75, 3.05) is 6.54 Å². The van der Waals surface area contributed by atoms with Crippen molar-refractivity contribution in [3.8, 4) is 0 Å². The number of nitrogens with one attached hydrogen (secondary N) is 1. The van der Waals surface area contributed by atoms with Gasteiger partial charge in [-0.2, -0.15) is 4.98 Å². The van der Waals surface area contributed by atoms with Crippen molar-refractivity contribution in [3.05, 3.63) is 11.7 Å². The summed E-state index contributed by atoms with van der Waals surface area (Å²) in [5.41, 5.74) is 5.09. The highest BCUT2D eigenvalue weighted by Crippen LogP contribution is 2.18. The molecular weight excluding hydrogens is 256 g/mol. The van der Waals surface area contributed by atoms with E-state index in [4.69, 9.17) is 10.3 Å². The molecule has 1 aromatic heterocycles. The second-order valence-corrected chi connectivity index (χ2v) is 6.75. The molecule has 0 saturated carbocycles. The van der Waals surface area contributed by atoms with Gasteiger partial charge in [0.05, 0.1) is 0 Å². The van der Waals surface area contributed by atoms with Crippen LogP contribution in [0.4, 0.5) is 0 Å². The molecule has 0 aliphatic carbocycles. The van der Waals surface area contributed by atoms with Crippen LogP contribution in [0.5, 0.6) is 0 Å². The van der Waals surface area contributed by atoms with Crippen molar-refractivity contribution < 1.29 is 9.32 Å². The Balaban J connectivity index is 2.38. The van der Waals surface area contributed by atoms with Crippen molar-refractivity contribution in [2.45, 2.75) is 64.8 Å². The zero-order chi connectivity index (χ0) is 15.4. The highest BCUT2D eigenvalue weighted by molar-refractivity contribution is 5.76. The lowest BCUT2D eigenvalue weighted by Gasteiger charge is -2.24. The first-order chi connectivity index (χ1) is 9.14. The maximum absolute atomic E-state index is 11.7. The zero-order valence-electron chi connectivity index (χ0n) is 13.1. The fourth-order valence-electron chi connectivity index (χ4n) is 1.55. The first kappa shape index (κ1) is 16.6. The van der Waals surface area contributed by atoms with Gasteiger partial charge in [0, 0.05) is 30.3 Å². The minimum atomic E-state index is -0.360. The second kappa shape index (κ2) is 6.35. The van der Waals surface area contributed by atoms with E-state index in [2.05, 4.69) is 15.5 Å². The molecule has 6 heteroatoms. The maximum atomic E-state index is 11.7. The Kier molecular flexibility index (Phi) is 5.28. The van der Waals surface area contributed by atoms with Crippen LogP contribution < -0.4 is 11.1 Å². The predicted molar refractivity (Wildman–Crippen MR) is 77.2 cm³/mol. The molecule has 1 heterocycles. The number of nitrogens with two attached hydrogens (primary N) is 1. The molecule has 1 amide bonds. The SMILES string of the molecule is CC(C)(CN)NC(=O)CCCc1nc(C(C)(C)C)no1. The van der Waals surface area contributed by atoms with E-state index >= 15 is 0 Å². The van der Waals surface area contributed by atoms with Gasteiger partial charge in [-0.3, -0.25) is 4.79 Å². The Hall–Kier alpha value is -1.43. The van der Waals surface area contributed by atoms with Gasteiger partial charge in [0.1, 0.15) is 0 Å². The van der Waals surface area contributed by atoms with Crippen molar-refractivity contribution in [1.29, 1.82) is 0 Å². The average molecular weight is 282 g/mol. The first-order valence-electron chi connectivity index (χ1n) is 6.98. The third-order valence-electron chi connectivity index (χ3n) is 2.92. The third-order valence-corrected chi connectivity index (χ3v) is 2.92. The molecule has 0 bridgehead atoms. The highest BCUT2D eigenvalue weighted by Gasteiger charge is 2.21. The van der Waals surface area contributed by atoms with Crippen molar-refractivity contribution in [2.24, 2.45) is 5.73 Å². The average Bonchev–Trinajstić information content (AvgIpc) is 2.77. The van der Waals surface area contributed by atoms with Gasteiger partial charge >= 0.3 is 0 Å². The van der Waals surface area contributed by atoms with Crippen LogP contribution in [-0.2, 0) is 16.6 Å². The molecule has 1 rings (SSSR count). The van der Waals surface area contributed by atoms with Crippen LogP contribution in [0.1, 0.15) is 59.2 Å². The van der Waals surface area contributed by atoms with Gasteiger partial charge < -0.3 is 15.6 Å². The summed E-state index contributed by atoms with van der Waals surface area (Å²) in [4.78, 5) is 16.1. The summed E-state index contributed by atoms with van der Waals surface area (Å²) in [5.74, 6) is 1.28. The van der Waals surface area contributed by atoms with Crippen LogP contribution in [0, 0.1) is 0 Å². The van der Waals surface area contributed by atoms with Crippen LogP contribution in [0.3, 0.4) is 0 Å². The molecule has 0 spiro atoms. The molecule has 20 heavy (non-hydrogen) atoms. The van der Waals surface area contributed by atoms with Crippen molar-refractivity contribution in [1.82, 2.24) is 15.5 Å². The molecular formula is C14H26N4O2. The summed E-state index contributed by atoms with van der Waals surface area (Å²) in [7, 11) is 0. The van der Waals surface area contributed by atoms with Crippen LogP contribution in [0.2, 0.25) is 0 Å². The fraction of sp³-hybridized carbons (Fsp3) is 0.786. The molecule has 0 aliphatic heterocycles. The number of hydrogen-bond donors (Lipinski definition) is 2. The largest absolute Gasteiger partial charge is 0.350 e. The first-order valence-corrected chi connectivity index (χ1v) is 6.98. The van der Waals surface area contributed by atoms with Gasteiger partial charge in [-0.1, -0.05) is 25.9 Å². The summed E-state index contributed by atoms with van der Waals surface area (Å²) >= 11 is 0. The van der Waals surface area contributed by atoms with Gasteiger partial charge in [-0.05, 0) is 20.3 Å². The molecule has 114 valence electrons. The molecule has 0 aromatic carbocycles. The Morgan fingerprint density at radius 1 is 1.30 bits per heavy atom. The Morgan fingerprint density at radius 3 is 2.45 bits per heavy atom. The fourth-order valence-corrected chi connectivity index (χ4v) is 1.55. The summed E-state index contributed by atoms with van der Waals surface area (Å²) in [6.45, 7) is 10.3. The summed E-state index contributed by atoms with van der Waals surface area (Å²) in [6, 6.07) is 0. The smallest absolute Gasteiger partial charge is 0.226 e. The molecule has 3 N–H and O–H groups in total. The maximum Gasteiger partial charge on any atom is 0.226 e. The molecule has 6 nitrogen and oxygen atoms in total. The van der Waals surface area contributed by atoms with E-state index in [9.17, 15) is 4.79 Å². The Labute approximate surface area is 120 Å². The molecule has 0 aliphatic rings. The van der Waals surface area contributed by atoms with E-state index in [1.807, 2.05) is 34.6 Å². The normalized spacial score (nSPS) is 12.5. The molecule has 0 atom stereocenters. The topological polar surface area (TPSA) is 94.0 Å². The molecule has 0 fully saturated rings. The monoisotopic (exact) mass is 282 g/mol. The minimum Gasteiger partial charge on any atom is -0.350 e. The highest BCUT2D eigenvalue weighted by atomic mass is 16.5. The lowest BCUT2D eigenvalue weighted by molar-refractivity contribution is -0.122. The van der Waals surface area contributed by atoms with E-state index < -0.39 is 0 Å². The van der Waals surface area contributed by atoms with E-state index in [0.717, 1.165) is 0 Å². The number of carbonyl (C=O) groups is 1. The lowest BCUT2D eigenvalue weighted by atomic mass is 9.96. The minimum absolute atomic E-state index is 0.00369. The second-order valence-electron chi connectivity index (χ2n) is 6.75. The number of nitrogens with zero attached hydrogens (tertiary/aromatic N) is 2. The van der Waals surface area contributed by atoms with E-state index in [1.54, 1.807) is 0 Å². The summed E-state index contributed by atoms with van der Waals surface area (Å²) in [6.07, 6.45) is 1.72. The Bertz CT molecular complexity index is 446. The van der Waals surface area contributed by atoms with Crippen LogP contribution in [0.15, 0.2) is 4.52 Å². The number of aryl methyl sites for hydroxylation is 1. The number of amides is 1. The van der Waals surface area contributed by atoms with Crippen LogP contribution >= 0.6 is 0 Å². The number of aromatic nitrogens is 2. The predicted octanol–water partition coefficient (Wildman–Crippen LogP) is 1.54. The lowest BCUT2D eigenvalue weighted by Crippen LogP contribution is -2.48. The van der Waals surface area contributed by atoms with Gasteiger partial charge in [0.15, 0.2) is 5.82 Å². The van der Waals surface area contributed by atoms with E-state index in [1.165, 1.54) is 0 Å². The molecule has 0 radical (unpaired) electrons.